The number of nitrogens with zero attached hydrogens (tertiary/aromatic N) is 1. The molecule has 1 amide bonds. The molecule has 0 aromatic carbocycles. The molecule has 0 aliphatic rings. The Morgan fingerprint density at radius 2 is 2.25 bits per heavy atom. The zero-order valence-electron chi connectivity index (χ0n) is 6.80. The molecule has 0 bridgehead atoms. The van der Waals surface area contributed by atoms with Crippen molar-refractivity contribution in [3.8, 4) is 0 Å². The molecule has 0 aliphatic carbocycles. The van der Waals surface area contributed by atoms with Gasteiger partial charge in [0.2, 0.25) is 0 Å². The van der Waals surface area contributed by atoms with Crippen LogP contribution in [0.5, 0.6) is 0 Å². The summed E-state index contributed by atoms with van der Waals surface area (Å²) in [5.74, 6) is 0.0290. The number of halogens is 1. The van der Waals surface area contributed by atoms with Crippen LogP contribution in [0, 0.1) is 0 Å². The molecule has 4 nitrogen and oxygen atoms in total. The molecule has 12 heavy (non-hydrogen) atoms. The molecule has 0 radical (unpaired) electrons. The molecule has 0 saturated carbocycles. The molecule has 0 aliphatic heterocycles. The van der Waals surface area contributed by atoms with Crippen LogP contribution >= 0.6 is 15.9 Å². The maximum atomic E-state index is 11.2. The van der Waals surface area contributed by atoms with Gasteiger partial charge in [0.05, 0.1) is 0 Å². The Morgan fingerprint density at radius 3 is 2.67 bits per heavy atom. The molecular weight excluding hydrogens is 224 g/mol. The predicted molar refractivity (Wildman–Crippen MR) is 47.6 cm³/mol. The van der Waals surface area contributed by atoms with Gasteiger partial charge in [0, 0.05) is 14.1 Å². The van der Waals surface area contributed by atoms with Crippen molar-refractivity contribution in [1.82, 2.24) is 10.4 Å². The molecule has 5 heteroatoms. The molecule has 0 atom stereocenters. The Morgan fingerprint density at radius 1 is 1.58 bits per heavy atom. The van der Waals surface area contributed by atoms with Gasteiger partial charge in [-0.15, -0.1) is 0 Å². The van der Waals surface area contributed by atoms with Gasteiger partial charge in [-0.25, -0.2) is 5.01 Å². The Hall–Kier alpha value is -0.810. The Balaban J connectivity index is 2.65. The van der Waals surface area contributed by atoms with Crippen molar-refractivity contribution >= 4 is 21.8 Å². The third-order valence-corrected chi connectivity index (χ3v) is 1.55. The van der Waals surface area contributed by atoms with Crippen molar-refractivity contribution < 1.29 is 9.21 Å². The smallest absolute Gasteiger partial charge is 0.301 e. The average molecular weight is 233 g/mol. The number of hydrogen-bond donors (Lipinski definition) is 1. The second-order valence-electron chi connectivity index (χ2n) is 2.44. The van der Waals surface area contributed by atoms with E-state index < -0.39 is 0 Å². The lowest BCUT2D eigenvalue weighted by atomic mass is 10.4. The van der Waals surface area contributed by atoms with E-state index in [1.165, 1.54) is 0 Å². The van der Waals surface area contributed by atoms with Crippen LogP contribution in [0.3, 0.4) is 0 Å². The summed E-state index contributed by atoms with van der Waals surface area (Å²) in [7, 11) is 3.46. The quantitative estimate of drug-likeness (QED) is 0.782. The lowest BCUT2D eigenvalue weighted by Crippen LogP contribution is -2.35. The number of hydrazine groups is 1. The third-order valence-electron chi connectivity index (χ3n) is 1.12. The minimum atomic E-state index is -0.259. The van der Waals surface area contributed by atoms with Crippen molar-refractivity contribution in [3.05, 3.63) is 22.6 Å². The molecule has 0 fully saturated rings. The standard InChI is InChI=1S/C7H9BrN2O2/c1-10(2)9-7(11)5-3-4-6(8)12-5/h3-4H,1-2H3,(H,9,11). The van der Waals surface area contributed by atoms with Gasteiger partial charge in [-0.2, -0.15) is 0 Å². The van der Waals surface area contributed by atoms with Crippen LogP contribution in [0.15, 0.2) is 21.2 Å². The van der Waals surface area contributed by atoms with E-state index >= 15 is 0 Å². The van der Waals surface area contributed by atoms with Gasteiger partial charge in [-0.1, -0.05) is 0 Å². The highest BCUT2D eigenvalue weighted by Gasteiger charge is 2.09. The van der Waals surface area contributed by atoms with E-state index in [9.17, 15) is 4.79 Å². The van der Waals surface area contributed by atoms with Crippen LogP contribution < -0.4 is 5.43 Å². The minimum absolute atomic E-state index is 0.259. The number of rotatable bonds is 2. The summed E-state index contributed by atoms with van der Waals surface area (Å²) in [4.78, 5) is 11.2. The van der Waals surface area contributed by atoms with Crippen LogP contribution in [0.1, 0.15) is 10.6 Å². The van der Waals surface area contributed by atoms with E-state index in [-0.39, 0.29) is 11.7 Å². The minimum Gasteiger partial charge on any atom is -0.444 e. The Labute approximate surface area is 78.6 Å². The summed E-state index contributed by atoms with van der Waals surface area (Å²) < 4.78 is 5.57. The SMILES string of the molecule is CN(C)NC(=O)c1ccc(Br)o1. The average Bonchev–Trinajstić information content (AvgIpc) is 2.34. The third kappa shape index (κ3) is 2.35. The maximum absolute atomic E-state index is 11.2. The highest BCUT2D eigenvalue weighted by Crippen LogP contribution is 2.13. The molecule has 0 spiro atoms. The molecule has 66 valence electrons. The summed E-state index contributed by atoms with van der Waals surface area (Å²) in [6, 6.07) is 3.27. The fourth-order valence-corrected chi connectivity index (χ4v) is 1.00. The Kier molecular flexibility index (Phi) is 2.88. The van der Waals surface area contributed by atoms with Crippen LogP contribution in [-0.2, 0) is 0 Å². The summed E-state index contributed by atoms with van der Waals surface area (Å²) in [6.07, 6.45) is 0. The number of carbonyl (C=O) groups is 1. The molecule has 0 saturated heterocycles. The van der Waals surface area contributed by atoms with Crippen LogP contribution in [0.2, 0.25) is 0 Å². The number of furan rings is 1. The van der Waals surface area contributed by atoms with Gasteiger partial charge in [0.15, 0.2) is 10.4 Å². The van der Waals surface area contributed by atoms with E-state index in [0.29, 0.717) is 4.67 Å². The summed E-state index contributed by atoms with van der Waals surface area (Å²) in [5, 5.41) is 1.55. The largest absolute Gasteiger partial charge is 0.444 e. The van der Waals surface area contributed by atoms with E-state index in [1.807, 2.05) is 0 Å². The molecule has 1 heterocycles. The second-order valence-corrected chi connectivity index (χ2v) is 3.22. The van der Waals surface area contributed by atoms with Crippen LogP contribution in [0.25, 0.3) is 0 Å². The first-order valence-corrected chi connectivity index (χ1v) is 4.12. The predicted octanol–water partition coefficient (Wildman–Crippen LogP) is 1.25. The van der Waals surface area contributed by atoms with Gasteiger partial charge in [-0.3, -0.25) is 10.2 Å². The fourth-order valence-electron chi connectivity index (χ4n) is 0.695. The van der Waals surface area contributed by atoms with Crippen molar-refractivity contribution in [1.29, 1.82) is 0 Å². The summed E-state index contributed by atoms with van der Waals surface area (Å²) in [6.45, 7) is 0. The lowest BCUT2D eigenvalue weighted by Gasteiger charge is -2.09. The van der Waals surface area contributed by atoms with Gasteiger partial charge in [0.1, 0.15) is 0 Å². The first kappa shape index (κ1) is 9.28. The van der Waals surface area contributed by atoms with E-state index in [2.05, 4.69) is 21.4 Å². The lowest BCUT2D eigenvalue weighted by molar-refractivity contribution is 0.0826. The van der Waals surface area contributed by atoms with Gasteiger partial charge >= 0.3 is 5.91 Å². The van der Waals surface area contributed by atoms with Crippen molar-refractivity contribution in [2.45, 2.75) is 0 Å². The van der Waals surface area contributed by atoms with E-state index in [0.717, 1.165) is 0 Å². The first-order valence-electron chi connectivity index (χ1n) is 3.33. The monoisotopic (exact) mass is 232 g/mol. The molecule has 1 rings (SSSR count). The van der Waals surface area contributed by atoms with Crippen LogP contribution in [-0.4, -0.2) is 25.0 Å². The van der Waals surface area contributed by atoms with Gasteiger partial charge in [0.25, 0.3) is 0 Å². The fraction of sp³-hybridized carbons (Fsp3) is 0.286. The highest BCUT2D eigenvalue weighted by molar-refractivity contribution is 9.10. The number of hydrogen-bond acceptors (Lipinski definition) is 3. The topological polar surface area (TPSA) is 45.5 Å². The molecule has 1 aromatic heterocycles. The van der Waals surface area contributed by atoms with Gasteiger partial charge < -0.3 is 4.42 Å². The normalized spacial score (nSPS) is 10.3. The van der Waals surface area contributed by atoms with Gasteiger partial charge in [-0.05, 0) is 28.1 Å². The van der Waals surface area contributed by atoms with E-state index in [1.54, 1.807) is 31.2 Å². The number of nitrogens with one attached hydrogen (secondary N) is 1. The maximum Gasteiger partial charge on any atom is 0.301 e. The summed E-state index contributed by atoms with van der Waals surface area (Å²) in [5.41, 5.74) is 2.55. The second kappa shape index (κ2) is 3.73. The molecule has 1 N–H and O–H groups in total. The number of amides is 1. The van der Waals surface area contributed by atoms with E-state index in [4.69, 9.17) is 4.42 Å². The zero-order valence-corrected chi connectivity index (χ0v) is 8.38. The molecule has 0 unspecified atom stereocenters. The van der Waals surface area contributed by atoms with Crippen molar-refractivity contribution in [3.63, 3.8) is 0 Å². The molecular formula is C7H9BrN2O2. The Bertz CT molecular complexity index is 283. The summed E-state index contributed by atoms with van der Waals surface area (Å²) >= 11 is 3.11. The van der Waals surface area contributed by atoms with Crippen molar-refractivity contribution in [2.24, 2.45) is 0 Å². The molecule has 1 aromatic rings. The first-order chi connectivity index (χ1) is 5.59. The number of carbonyl (C=O) groups excluding carboxylic acids is 1. The van der Waals surface area contributed by atoms with Crippen molar-refractivity contribution in [2.75, 3.05) is 14.1 Å². The highest BCUT2D eigenvalue weighted by atomic mass is 79.9. The zero-order chi connectivity index (χ0) is 9.14. The van der Waals surface area contributed by atoms with Crippen LogP contribution in [0.4, 0.5) is 0 Å².